The zero-order valence-electron chi connectivity index (χ0n) is 83.1. The van der Waals surface area contributed by atoms with Crippen molar-refractivity contribution < 1.29 is 83.5 Å². The van der Waals surface area contributed by atoms with Gasteiger partial charge in [0.25, 0.3) is 20.2 Å². The molecule has 12 amide bonds. The third kappa shape index (κ3) is 42.9. The number of anilines is 1. The minimum atomic E-state index is -4.58. The highest BCUT2D eigenvalue weighted by Gasteiger charge is 2.44. The molecule has 0 spiro atoms. The number of imide groups is 1. The quantitative estimate of drug-likeness (QED) is 0.00736. The van der Waals surface area contributed by atoms with Crippen molar-refractivity contribution in [2.45, 2.75) is 244 Å². The highest BCUT2D eigenvalue weighted by molar-refractivity contribution is 8.00. The smallest absolute Gasteiger partial charge is 0.294 e. The molecule has 45 N–H and O–H groups in total. The highest BCUT2D eigenvalue weighted by atomic mass is 32.2. The number of nitrogens with one attached hydrogen (secondary N) is 25. The number of guanidine groups is 8. The first-order valence-corrected chi connectivity index (χ1v) is 51.8. The Bertz CT molecular complexity index is 5430. The number of likely N-dealkylation sites (tertiary alicyclic amines) is 1. The second-order valence-corrected chi connectivity index (χ2v) is 40.3. The largest absolute Gasteiger partial charge is 0.370 e. The van der Waals surface area contributed by atoms with Crippen LogP contribution < -0.4 is 147 Å². The van der Waals surface area contributed by atoms with E-state index in [9.17, 15) is 73.9 Å². The zero-order valence-corrected chi connectivity index (χ0v) is 85.6. The van der Waals surface area contributed by atoms with Crippen LogP contribution in [0.4, 0.5) is 11.4 Å². The van der Waals surface area contributed by atoms with E-state index >= 15 is 9.59 Å². The Morgan fingerprint density at radius 2 is 0.755 bits per heavy atom. The van der Waals surface area contributed by atoms with Crippen LogP contribution in [0.3, 0.4) is 0 Å². The number of rotatable bonds is 66. The second kappa shape index (κ2) is 60.3. The number of nitrogens with two attached hydrogens (primary N) is 9. The van der Waals surface area contributed by atoms with Gasteiger partial charge in [0.15, 0.2) is 47.7 Å². The van der Waals surface area contributed by atoms with Gasteiger partial charge >= 0.3 is 0 Å². The molecule has 5 rings (SSSR count). The van der Waals surface area contributed by atoms with E-state index in [-0.39, 0.29) is 196 Å². The molecule has 3 aliphatic rings. The van der Waals surface area contributed by atoms with Gasteiger partial charge < -0.3 is 147 Å². The molecule has 3 heterocycles. The topological polar surface area (TPSA) is 962 Å². The number of hydrogen-bond donors (Lipinski definition) is 36. The maximum absolute atomic E-state index is 15.1. The molecule has 10 atom stereocenters. The summed E-state index contributed by atoms with van der Waals surface area (Å²) >= 11 is 0.816. The number of fused-ring (bicyclic) bond motifs is 2. The van der Waals surface area contributed by atoms with Gasteiger partial charge in [-0.1, -0.05) is 59.3 Å². The van der Waals surface area contributed by atoms with E-state index in [4.69, 9.17) is 94.9 Å². The lowest BCUT2D eigenvalue weighted by atomic mass is 9.81. The maximum Gasteiger partial charge on any atom is 0.294 e. The fraction of sp³-hybridized carbons (Fsp3) is 0.562. The molecule has 1 unspecified atom stereocenters. The van der Waals surface area contributed by atoms with Gasteiger partial charge in [0.05, 0.1) is 26.4 Å². The molecular formula is C89H147N37O18S3. The van der Waals surface area contributed by atoms with Gasteiger partial charge in [0.1, 0.15) is 48.3 Å². The number of aliphatic imine (C=N–C) groups is 1. The van der Waals surface area contributed by atoms with E-state index in [0.717, 1.165) is 22.4 Å². The van der Waals surface area contributed by atoms with Crippen LogP contribution in [0, 0.1) is 49.2 Å². The Balaban J connectivity index is 1.32. The fourth-order valence-electron chi connectivity index (χ4n) is 16.0. The number of hydrogen-bond acceptors (Lipinski definition) is 27. The molecule has 0 aliphatic carbocycles. The van der Waals surface area contributed by atoms with Crippen molar-refractivity contribution in [3.8, 4) is 0 Å². The Kier molecular flexibility index (Phi) is 50.3. The van der Waals surface area contributed by atoms with E-state index in [1.54, 1.807) is 37.3 Å². The number of carbonyl (C=O) groups is 12. The summed E-state index contributed by atoms with van der Waals surface area (Å²) in [7, 11) is -9.04. The molecule has 55 nitrogen and oxygen atoms in total. The van der Waals surface area contributed by atoms with Crippen LogP contribution in [0.1, 0.15) is 181 Å². The second-order valence-electron chi connectivity index (χ2n) is 36.2. The Morgan fingerprint density at radius 3 is 1.11 bits per heavy atom. The summed E-state index contributed by atoms with van der Waals surface area (Å²) in [4.78, 5) is 179. The van der Waals surface area contributed by atoms with Gasteiger partial charge in [-0.25, -0.2) is 0 Å². The van der Waals surface area contributed by atoms with Crippen LogP contribution in [0.15, 0.2) is 87.3 Å². The average molecular weight is 2120 g/mol. The first kappa shape index (κ1) is 123. The van der Waals surface area contributed by atoms with Crippen molar-refractivity contribution in [1.29, 1.82) is 43.3 Å². The Labute approximate surface area is 857 Å². The first-order valence-electron chi connectivity index (χ1n) is 47.9. The van der Waals surface area contributed by atoms with Crippen molar-refractivity contribution in [3.05, 3.63) is 83.6 Å². The number of unbranched alkanes of at least 4 members (excludes halogenated alkanes) is 2. The number of primary amides is 1. The van der Waals surface area contributed by atoms with E-state index in [0.29, 0.717) is 66.9 Å². The Morgan fingerprint density at radius 1 is 0.415 bits per heavy atom. The van der Waals surface area contributed by atoms with Crippen molar-refractivity contribution in [3.63, 3.8) is 0 Å². The standard InChI is InChI=1S/C89H147N37O18S3/c1-50(20-12-35-108-80(91)92)71(130)117-56(21-13-36-109-81(93)94)72(131)118-57(22-14-37-110-82(95)96)73(132)119-58(23-15-38-111-83(97)98)74(133)120-59(24-16-39-112-84(99)100)75(134)121-60(25-17-40-113-85(101)102)76(135)122-61(26-18-41-114-86(103)104)77(136)123-62(27-19-42-115-87(105)106)78(137)124-63(70(90)129)49-145-65-48-69(128)126(79(65)138)45-43-107-68(127)30-10-7-11-44-125-64-34-32-52(147(142,143)144)47-54(64)89(4,5)67(125)29-9-6-8-28-66-88(2,3)53-46-51(146(139,140)141)31-33-55(53)116-66/h6,8-9,28-29,31-34,46-47,50,56-63,65H,7,10-27,30,35-45,48-49H2,1-5H3,(H2,90,129)(H,107,127)(H,117,130)(H,118,131)(H,119,132)(H,120,133)(H,121,134)(H,122,135)(H,123,136)(H,124,137)(H4,91,92,108)(H4,93,94,109)(H4,95,96,110)(H4,97,98,111)(H4,99,100,112)(H4,101,102,113)(H4,103,104,114)(H4,105,106,115)(H,139,140,141)(H,142,143,144)/b9-6+,28-8+,67-29+/t50-,56-,57-,58-,59-,60-,61-,62-,63-,65?/m1/s1. The SMILES string of the molecule is C[C@H](CCCNC(=N)N)C(=O)N[C@H](CCCNC(=N)N)C(=O)N[C@H](CCCNC(=N)N)C(=O)N[C@H](CCCNC(=N)N)C(=O)N[C@H](CCCNC(=N)N)C(=O)N[C@H](CCCNC(=N)N)C(=O)N[C@H](CCCNC(=N)N)C(=O)N[C@H](CCCNC(=N)N)C(=O)N[C@H](CSC1CC(=O)N(CCNC(=O)CCCCCN2/C(=C/C=C/C=C/C3=Nc4ccc(S(=O)(=O)O)cc4C3(C)C)C(C)(C)c3cc(S(=O)(=O)O)ccc32)C1=O)C(N)=O. The highest BCUT2D eigenvalue weighted by Crippen LogP contribution is 2.49. The summed E-state index contributed by atoms with van der Waals surface area (Å²) < 4.78 is 68.3. The predicted molar refractivity (Wildman–Crippen MR) is 555 cm³/mol. The minimum absolute atomic E-state index is 0.00196. The number of allylic oxidation sites excluding steroid dienone is 6. The van der Waals surface area contributed by atoms with Crippen molar-refractivity contribution >= 4 is 168 Å². The zero-order chi connectivity index (χ0) is 110. The lowest BCUT2D eigenvalue weighted by Crippen LogP contribution is -2.60. The first-order chi connectivity index (χ1) is 69.1. The molecule has 814 valence electrons. The molecule has 0 bridgehead atoms. The van der Waals surface area contributed by atoms with Crippen LogP contribution in [0.2, 0.25) is 0 Å². The molecule has 58 heteroatoms. The van der Waals surface area contributed by atoms with Crippen LogP contribution in [-0.4, -0.2) is 286 Å². The summed E-state index contributed by atoms with van der Waals surface area (Å²) in [6.45, 7) is 9.37. The number of nitrogens with zero attached hydrogens (tertiary/aromatic N) is 3. The number of benzene rings is 2. The summed E-state index contributed by atoms with van der Waals surface area (Å²) in [5.74, 6) is -14.7. The molecule has 2 aromatic rings. The van der Waals surface area contributed by atoms with Crippen molar-refractivity contribution in [2.24, 2.45) is 62.5 Å². The van der Waals surface area contributed by atoms with Crippen molar-refractivity contribution in [2.75, 3.05) is 82.6 Å². The summed E-state index contributed by atoms with van der Waals surface area (Å²) in [6, 6.07) is -3.91. The van der Waals surface area contributed by atoms with Gasteiger partial charge in [-0.2, -0.15) is 16.8 Å². The summed E-state index contributed by atoms with van der Waals surface area (Å²) in [6.07, 6.45) is 9.55. The normalized spacial score (nSPS) is 16.0. The lowest BCUT2D eigenvalue weighted by Gasteiger charge is -2.28. The molecule has 1 saturated heterocycles. The Hall–Kier alpha value is -14.7. The molecule has 0 radical (unpaired) electrons. The third-order valence-corrected chi connectivity index (χ3v) is 26.9. The fourth-order valence-corrected chi connectivity index (χ4v) is 18.2. The van der Waals surface area contributed by atoms with Crippen LogP contribution in [0.5, 0.6) is 0 Å². The van der Waals surface area contributed by atoms with Gasteiger partial charge in [-0.05, 0) is 175 Å². The van der Waals surface area contributed by atoms with Crippen molar-refractivity contribution in [1.82, 2.24) is 95.3 Å². The molecule has 1 fully saturated rings. The number of carbonyl (C=O) groups excluding carboxylic acids is 12. The molecule has 147 heavy (non-hydrogen) atoms. The molecular weight excluding hydrogens is 1970 g/mol. The molecule has 2 aromatic carbocycles. The average Bonchev–Trinajstić information content (AvgIpc) is 1.57. The van der Waals surface area contributed by atoms with Crippen LogP contribution in [0.25, 0.3) is 0 Å². The molecule has 0 saturated carbocycles. The monoisotopic (exact) mass is 2120 g/mol. The van der Waals surface area contributed by atoms with E-state index in [1.807, 2.05) is 38.7 Å². The summed E-state index contributed by atoms with van der Waals surface area (Å²) in [5.41, 5.74) is 52.8. The maximum atomic E-state index is 15.1. The molecule has 3 aliphatic heterocycles. The third-order valence-electron chi connectivity index (χ3n) is 23.9. The van der Waals surface area contributed by atoms with Gasteiger partial charge in [-0.15, -0.1) is 11.8 Å². The minimum Gasteiger partial charge on any atom is -0.370 e. The summed E-state index contributed by atoms with van der Waals surface area (Å²) in [5, 5.41) is 105. The number of amides is 12. The lowest BCUT2D eigenvalue weighted by molar-refractivity contribution is -0.138. The molecule has 0 aromatic heterocycles. The van der Waals surface area contributed by atoms with E-state index in [2.05, 4.69) is 95.4 Å². The van der Waals surface area contributed by atoms with E-state index < -0.39 is 197 Å². The van der Waals surface area contributed by atoms with E-state index in [1.165, 1.54) is 30.3 Å². The van der Waals surface area contributed by atoms with Gasteiger partial charge in [0, 0.05) is 119 Å². The van der Waals surface area contributed by atoms with Gasteiger partial charge in [0.2, 0.25) is 70.9 Å². The number of thioether (sulfide) groups is 1. The van der Waals surface area contributed by atoms with Gasteiger partial charge in [-0.3, -0.25) is 120 Å². The predicted octanol–water partition coefficient (Wildman–Crippen LogP) is -5.02. The van der Waals surface area contributed by atoms with Crippen LogP contribution in [-0.2, 0) is 88.6 Å². The van der Waals surface area contributed by atoms with Crippen LogP contribution >= 0.6 is 11.8 Å².